The largest absolute Gasteiger partial charge is 0.335 e. The number of carbonyl (C=O) groups excluding carboxylic acids is 1. The quantitative estimate of drug-likeness (QED) is 0.851. The van der Waals surface area contributed by atoms with Gasteiger partial charge in [0, 0.05) is 23.5 Å². The first-order chi connectivity index (χ1) is 9.99. The second kappa shape index (κ2) is 6.45. The van der Waals surface area contributed by atoms with Gasteiger partial charge in [0.05, 0.1) is 12.1 Å². The lowest BCUT2D eigenvalue weighted by atomic mass is 10.3. The summed E-state index contributed by atoms with van der Waals surface area (Å²) in [7, 11) is 1.60. The van der Waals surface area contributed by atoms with Crippen LogP contribution in [0, 0.1) is 11.3 Å². The molecule has 0 aliphatic carbocycles. The summed E-state index contributed by atoms with van der Waals surface area (Å²) < 4.78 is 25.5. The van der Waals surface area contributed by atoms with E-state index in [4.69, 9.17) is 5.26 Å². The number of hydrogen-bond donors (Lipinski definition) is 0. The Bertz CT molecular complexity index is 674. The van der Waals surface area contributed by atoms with Crippen molar-refractivity contribution >= 4 is 17.2 Å². The first kappa shape index (κ1) is 15.1. The van der Waals surface area contributed by atoms with Gasteiger partial charge in [-0.3, -0.25) is 9.48 Å². The van der Waals surface area contributed by atoms with Gasteiger partial charge in [-0.15, -0.1) is 11.3 Å². The number of halogens is 2. The van der Waals surface area contributed by atoms with E-state index in [0.717, 1.165) is 9.56 Å². The summed E-state index contributed by atoms with van der Waals surface area (Å²) in [5.74, 6) is -0.352. The van der Waals surface area contributed by atoms with E-state index in [2.05, 4.69) is 5.10 Å². The third kappa shape index (κ3) is 3.86. The summed E-state index contributed by atoms with van der Waals surface area (Å²) in [6, 6.07) is 5.15. The minimum Gasteiger partial charge on any atom is -0.335 e. The highest BCUT2D eigenvalue weighted by molar-refractivity contribution is 7.10. The van der Waals surface area contributed by atoms with Crippen LogP contribution in [0.3, 0.4) is 0 Å². The molecule has 0 spiro atoms. The number of nitriles is 1. The summed E-state index contributed by atoms with van der Waals surface area (Å²) in [6.07, 6.45) is -1.16. The summed E-state index contributed by atoms with van der Waals surface area (Å²) in [4.78, 5) is 14.4. The topological polar surface area (TPSA) is 61.9 Å². The van der Waals surface area contributed by atoms with E-state index in [1.807, 2.05) is 6.07 Å². The molecule has 5 nitrogen and oxygen atoms in total. The Morgan fingerprint density at radius 3 is 3.00 bits per heavy atom. The molecule has 0 saturated heterocycles. The third-order valence-corrected chi connectivity index (χ3v) is 3.63. The van der Waals surface area contributed by atoms with Crippen LogP contribution in [-0.2, 0) is 13.1 Å². The van der Waals surface area contributed by atoms with E-state index in [1.54, 1.807) is 18.5 Å². The normalized spacial score (nSPS) is 10.6. The second-order valence-corrected chi connectivity index (χ2v) is 5.38. The molecule has 1 amide bonds. The number of alkyl halides is 2. The van der Waals surface area contributed by atoms with Gasteiger partial charge < -0.3 is 4.90 Å². The zero-order valence-corrected chi connectivity index (χ0v) is 12.0. The van der Waals surface area contributed by atoms with E-state index in [0.29, 0.717) is 12.1 Å². The lowest BCUT2D eigenvalue weighted by molar-refractivity contribution is 0.0776. The fraction of sp³-hybridized carbons (Fsp3) is 0.308. The maximum atomic E-state index is 12.2. The Balaban J connectivity index is 2.01. The Morgan fingerprint density at radius 2 is 2.38 bits per heavy atom. The van der Waals surface area contributed by atoms with Crippen molar-refractivity contribution in [3.63, 3.8) is 0 Å². The van der Waals surface area contributed by atoms with Crippen LogP contribution in [0.2, 0.25) is 0 Å². The van der Waals surface area contributed by atoms with E-state index < -0.39 is 13.0 Å². The van der Waals surface area contributed by atoms with Crippen LogP contribution in [-0.4, -0.2) is 34.1 Å². The van der Waals surface area contributed by atoms with Gasteiger partial charge in [-0.05, 0) is 12.1 Å². The number of aromatic nitrogens is 2. The smallest absolute Gasteiger partial charge is 0.274 e. The van der Waals surface area contributed by atoms with Crippen LogP contribution in [0.25, 0.3) is 0 Å². The van der Waals surface area contributed by atoms with Gasteiger partial charge in [0.25, 0.3) is 12.3 Å². The van der Waals surface area contributed by atoms with Crippen molar-refractivity contribution in [2.24, 2.45) is 0 Å². The summed E-state index contributed by atoms with van der Waals surface area (Å²) in [5.41, 5.74) is 0.673. The minimum absolute atomic E-state index is 0.121. The number of carbonyl (C=O) groups is 1. The van der Waals surface area contributed by atoms with Crippen LogP contribution in [0.5, 0.6) is 0 Å². The van der Waals surface area contributed by atoms with Gasteiger partial charge in [-0.1, -0.05) is 0 Å². The molecule has 0 radical (unpaired) electrons. The van der Waals surface area contributed by atoms with Crippen molar-refractivity contribution < 1.29 is 13.6 Å². The highest BCUT2D eigenvalue weighted by Crippen LogP contribution is 2.16. The monoisotopic (exact) mass is 310 g/mol. The molecular weight excluding hydrogens is 298 g/mol. The maximum absolute atomic E-state index is 12.2. The molecule has 0 atom stereocenters. The molecule has 2 heterocycles. The lowest BCUT2D eigenvalue weighted by Crippen LogP contribution is -2.26. The molecule has 0 unspecified atom stereocenters. The highest BCUT2D eigenvalue weighted by Gasteiger charge is 2.16. The molecule has 21 heavy (non-hydrogen) atoms. The van der Waals surface area contributed by atoms with Crippen LogP contribution in [0.15, 0.2) is 23.7 Å². The van der Waals surface area contributed by atoms with Crippen molar-refractivity contribution in [3.8, 4) is 6.07 Å². The van der Waals surface area contributed by atoms with Gasteiger partial charge in [-0.2, -0.15) is 10.4 Å². The SMILES string of the molecule is CN(Cc1cc(C#N)cs1)C(=O)c1ccn(CC(F)F)n1. The Kier molecular flexibility index (Phi) is 4.65. The zero-order chi connectivity index (χ0) is 15.4. The average Bonchev–Trinajstić information content (AvgIpc) is 3.06. The first-order valence-corrected chi connectivity index (χ1v) is 6.92. The van der Waals surface area contributed by atoms with Crippen LogP contribution in [0.4, 0.5) is 8.78 Å². The second-order valence-electron chi connectivity index (χ2n) is 4.39. The van der Waals surface area contributed by atoms with E-state index in [1.165, 1.54) is 28.5 Å². The van der Waals surface area contributed by atoms with Crippen LogP contribution < -0.4 is 0 Å². The number of hydrogen-bond acceptors (Lipinski definition) is 4. The van der Waals surface area contributed by atoms with Crippen molar-refractivity contribution in [2.75, 3.05) is 7.05 Å². The molecule has 0 bridgehead atoms. The molecule has 110 valence electrons. The predicted molar refractivity (Wildman–Crippen MR) is 73.1 cm³/mol. The summed E-state index contributed by atoms with van der Waals surface area (Å²) in [6.45, 7) is -0.194. The molecule has 0 fully saturated rings. The minimum atomic E-state index is -2.51. The van der Waals surface area contributed by atoms with Crippen molar-refractivity contribution in [2.45, 2.75) is 19.5 Å². The Morgan fingerprint density at radius 1 is 1.62 bits per heavy atom. The molecule has 2 rings (SSSR count). The molecular formula is C13H12F2N4OS. The molecule has 0 aliphatic rings. The Labute approximate surface area is 124 Å². The van der Waals surface area contributed by atoms with Crippen molar-refractivity contribution in [1.82, 2.24) is 14.7 Å². The molecule has 8 heteroatoms. The zero-order valence-electron chi connectivity index (χ0n) is 11.2. The third-order valence-electron chi connectivity index (χ3n) is 2.71. The molecule has 2 aromatic rings. The van der Waals surface area contributed by atoms with Crippen LogP contribution in [0.1, 0.15) is 20.9 Å². The van der Waals surface area contributed by atoms with Crippen molar-refractivity contribution in [1.29, 1.82) is 5.26 Å². The van der Waals surface area contributed by atoms with Gasteiger partial charge >= 0.3 is 0 Å². The fourth-order valence-corrected chi connectivity index (χ4v) is 2.60. The van der Waals surface area contributed by atoms with Crippen LogP contribution >= 0.6 is 11.3 Å². The summed E-state index contributed by atoms with van der Waals surface area (Å²) >= 11 is 1.39. The lowest BCUT2D eigenvalue weighted by Gasteiger charge is -2.14. The van der Waals surface area contributed by atoms with Gasteiger partial charge in [0.1, 0.15) is 18.3 Å². The number of thiophene rings is 1. The summed E-state index contributed by atoms with van der Waals surface area (Å²) in [5, 5.41) is 14.3. The van der Waals surface area contributed by atoms with E-state index in [9.17, 15) is 13.6 Å². The van der Waals surface area contributed by atoms with E-state index in [-0.39, 0.29) is 11.6 Å². The molecule has 0 aromatic carbocycles. The van der Waals surface area contributed by atoms with Gasteiger partial charge in [-0.25, -0.2) is 8.78 Å². The first-order valence-electron chi connectivity index (χ1n) is 6.04. The average molecular weight is 310 g/mol. The Hall–Kier alpha value is -2.27. The number of nitrogens with zero attached hydrogens (tertiary/aromatic N) is 4. The molecule has 0 N–H and O–H groups in total. The predicted octanol–water partition coefficient (Wildman–Crippen LogP) is 2.35. The standard InChI is InChI=1S/C13H12F2N4OS/c1-18(6-10-4-9(5-16)8-21-10)13(20)11-2-3-19(17-11)7-12(14)15/h2-4,8,12H,6-7H2,1H3. The number of rotatable bonds is 5. The van der Waals surface area contributed by atoms with E-state index >= 15 is 0 Å². The molecule has 0 saturated carbocycles. The van der Waals surface area contributed by atoms with Gasteiger partial charge in [0.15, 0.2) is 0 Å². The number of amides is 1. The molecule has 0 aliphatic heterocycles. The molecule has 2 aromatic heterocycles. The van der Waals surface area contributed by atoms with Crippen molar-refractivity contribution in [3.05, 3.63) is 39.8 Å². The highest BCUT2D eigenvalue weighted by atomic mass is 32.1. The maximum Gasteiger partial charge on any atom is 0.274 e. The van der Waals surface area contributed by atoms with Gasteiger partial charge in [0.2, 0.25) is 0 Å². The fourth-order valence-electron chi connectivity index (χ4n) is 1.74.